The molecule has 0 aliphatic carbocycles. The van der Waals surface area contributed by atoms with E-state index in [9.17, 15) is 4.79 Å². The molecular weight excluding hydrogens is 282 g/mol. The van der Waals surface area contributed by atoms with Gasteiger partial charge in [0, 0.05) is 41.3 Å². The van der Waals surface area contributed by atoms with Crippen LogP contribution in [0.3, 0.4) is 0 Å². The van der Waals surface area contributed by atoms with Crippen molar-refractivity contribution in [3.05, 3.63) is 40.9 Å². The number of aromatic nitrogens is 1. The molecule has 1 fully saturated rings. The molecule has 5 heteroatoms. The van der Waals surface area contributed by atoms with Crippen molar-refractivity contribution in [1.82, 2.24) is 9.88 Å². The van der Waals surface area contributed by atoms with Crippen molar-refractivity contribution < 1.29 is 4.79 Å². The Morgan fingerprint density at radius 2 is 2.14 bits per heavy atom. The van der Waals surface area contributed by atoms with Crippen molar-refractivity contribution in [2.75, 3.05) is 13.1 Å². The van der Waals surface area contributed by atoms with Crippen molar-refractivity contribution in [2.45, 2.75) is 25.8 Å². The number of amides is 1. The fourth-order valence-electron chi connectivity index (χ4n) is 2.56. The lowest BCUT2D eigenvalue weighted by molar-refractivity contribution is 0.0715. The molecule has 0 saturated carbocycles. The van der Waals surface area contributed by atoms with Crippen LogP contribution in [-0.4, -0.2) is 34.9 Å². The third-order valence-electron chi connectivity index (χ3n) is 3.80. The summed E-state index contributed by atoms with van der Waals surface area (Å²) in [6.45, 7) is 3.48. The number of likely N-dealkylation sites (tertiary alicyclic amines) is 1. The number of nitrogens with two attached hydrogens (primary N) is 1. The minimum atomic E-state index is 0.0945. The van der Waals surface area contributed by atoms with Crippen LogP contribution in [0.2, 0.25) is 0 Å². The van der Waals surface area contributed by atoms with Gasteiger partial charge in [-0.05, 0) is 31.9 Å². The summed E-state index contributed by atoms with van der Waals surface area (Å²) in [5, 5.41) is 2.98. The van der Waals surface area contributed by atoms with Crippen LogP contribution in [0.1, 0.15) is 28.9 Å². The summed E-state index contributed by atoms with van der Waals surface area (Å²) in [4.78, 5) is 18.9. The van der Waals surface area contributed by atoms with E-state index in [4.69, 9.17) is 5.73 Å². The quantitative estimate of drug-likeness (QED) is 0.927. The van der Waals surface area contributed by atoms with Crippen LogP contribution in [-0.2, 0) is 0 Å². The highest BCUT2D eigenvalue weighted by Crippen LogP contribution is 2.25. The number of nitrogens with zero attached hydrogens (tertiary/aromatic N) is 2. The molecule has 110 valence electrons. The number of carbonyl (C=O) groups is 1. The van der Waals surface area contributed by atoms with E-state index in [1.165, 1.54) is 0 Å². The topological polar surface area (TPSA) is 59.2 Å². The molecule has 1 aliphatic heterocycles. The normalized spacial score (nSPS) is 16.2. The Morgan fingerprint density at radius 1 is 1.38 bits per heavy atom. The van der Waals surface area contributed by atoms with Crippen LogP contribution < -0.4 is 5.73 Å². The molecule has 0 atom stereocenters. The average Bonchev–Trinajstić information content (AvgIpc) is 2.94. The number of carbonyl (C=O) groups excluding carboxylic acids is 1. The number of piperidine rings is 1. The molecule has 4 nitrogen and oxygen atoms in total. The highest BCUT2D eigenvalue weighted by atomic mass is 32.1. The Morgan fingerprint density at radius 3 is 2.81 bits per heavy atom. The molecule has 0 spiro atoms. The predicted molar refractivity (Wildman–Crippen MR) is 85.4 cm³/mol. The zero-order valence-electron chi connectivity index (χ0n) is 12.1. The van der Waals surface area contributed by atoms with Crippen LogP contribution >= 0.6 is 11.3 Å². The first-order valence-electron chi connectivity index (χ1n) is 7.21. The Labute approximate surface area is 128 Å². The lowest BCUT2D eigenvalue weighted by atomic mass is 10.0. The second kappa shape index (κ2) is 5.95. The van der Waals surface area contributed by atoms with E-state index in [0.717, 1.165) is 47.8 Å². The van der Waals surface area contributed by atoms with Crippen molar-refractivity contribution in [2.24, 2.45) is 5.73 Å². The van der Waals surface area contributed by atoms with E-state index in [0.29, 0.717) is 0 Å². The number of rotatable bonds is 2. The van der Waals surface area contributed by atoms with Gasteiger partial charge in [0.2, 0.25) is 0 Å². The monoisotopic (exact) mass is 301 g/mol. The largest absolute Gasteiger partial charge is 0.339 e. The summed E-state index contributed by atoms with van der Waals surface area (Å²) in [5.74, 6) is 0.0945. The predicted octanol–water partition coefficient (Wildman–Crippen LogP) is 2.68. The van der Waals surface area contributed by atoms with Gasteiger partial charge in [-0.2, -0.15) is 0 Å². The SMILES string of the molecule is Cc1csc(-c2cccc(C(=O)N3CCC(N)CC3)c2)n1. The molecule has 1 aromatic carbocycles. The number of benzene rings is 1. The van der Waals surface area contributed by atoms with Crippen molar-refractivity contribution in [1.29, 1.82) is 0 Å². The maximum Gasteiger partial charge on any atom is 0.253 e. The molecule has 0 radical (unpaired) electrons. The molecule has 1 saturated heterocycles. The molecule has 3 rings (SSSR count). The first kappa shape index (κ1) is 14.2. The Balaban J connectivity index is 1.81. The average molecular weight is 301 g/mol. The van der Waals surface area contributed by atoms with Gasteiger partial charge in [-0.3, -0.25) is 4.79 Å². The number of aryl methyl sites for hydroxylation is 1. The van der Waals surface area contributed by atoms with Gasteiger partial charge >= 0.3 is 0 Å². The van der Waals surface area contributed by atoms with Gasteiger partial charge in [0.05, 0.1) is 0 Å². The number of thiazole rings is 1. The highest BCUT2D eigenvalue weighted by molar-refractivity contribution is 7.13. The van der Waals surface area contributed by atoms with Crippen molar-refractivity contribution >= 4 is 17.2 Å². The van der Waals surface area contributed by atoms with Crippen LogP contribution in [0, 0.1) is 6.92 Å². The Hall–Kier alpha value is -1.72. The van der Waals surface area contributed by atoms with Gasteiger partial charge in [-0.25, -0.2) is 4.98 Å². The third kappa shape index (κ3) is 3.14. The maximum absolute atomic E-state index is 12.6. The maximum atomic E-state index is 12.6. The molecular formula is C16H19N3OS. The molecule has 2 aromatic rings. The van der Waals surface area contributed by atoms with E-state index in [2.05, 4.69) is 4.98 Å². The van der Waals surface area contributed by atoms with Crippen molar-refractivity contribution in [3.63, 3.8) is 0 Å². The minimum absolute atomic E-state index is 0.0945. The van der Waals surface area contributed by atoms with E-state index in [1.807, 2.05) is 41.5 Å². The molecule has 21 heavy (non-hydrogen) atoms. The van der Waals surface area contributed by atoms with E-state index in [-0.39, 0.29) is 11.9 Å². The summed E-state index contributed by atoms with van der Waals surface area (Å²) in [5.41, 5.74) is 8.64. The number of hydrogen-bond acceptors (Lipinski definition) is 4. The highest BCUT2D eigenvalue weighted by Gasteiger charge is 2.21. The fourth-order valence-corrected chi connectivity index (χ4v) is 3.35. The van der Waals surface area contributed by atoms with E-state index >= 15 is 0 Å². The number of hydrogen-bond donors (Lipinski definition) is 1. The zero-order valence-corrected chi connectivity index (χ0v) is 12.9. The zero-order chi connectivity index (χ0) is 14.8. The lowest BCUT2D eigenvalue weighted by Crippen LogP contribution is -2.42. The second-order valence-electron chi connectivity index (χ2n) is 5.50. The molecule has 1 aromatic heterocycles. The summed E-state index contributed by atoms with van der Waals surface area (Å²) in [7, 11) is 0. The van der Waals surface area contributed by atoms with E-state index in [1.54, 1.807) is 11.3 Å². The first-order valence-corrected chi connectivity index (χ1v) is 8.09. The van der Waals surface area contributed by atoms with Crippen molar-refractivity contribution in [3.8, 4) is 10.6 Å². The van der Waals surface area contributed by atoms with Crippen LogP contribution in [0.15, 0.2) is 29.6 Å². The minimum Gasteiger partial charge on any atom is -0.339 e. The van der Waals surface area contributed by atoms with Gasteiger partial charge in [-0.1, -0.05) is 12.1 Å². The first-order chi connectivity index (χ1) is 10.1. The molecule has 2 heterocycles. The summed E-state index contributed by atoms with van der Waals surface area (Å²) in [6.07, 6.45) is 1.77. The summed E-state index contributed by atoms with van der Waals surface area (Å²) >= 11 is 1.61. The molecule has 1 aliphatic rings. The fraction of sp³-hybridized carbons (Fsp3) is 0.375. The van der Waals surface area contributed by atoms with Gasteiger partial charge in [0.25, 0.3) is 5.91 Å². The standard InChI is InChI=1S/C16H19N3OS/c1-11-10-21-15(18-11)12-3-2-4-13(9-12)16(20)19-7-5-14(17)6-8-19/h2-4,9-10,14H,5-8,17H2,1H3. The Bertz CT molecular complexity index is 644. The van der Waals surface area contributed by atoms with Crippen LogP contribution in [0.5, 0.6) is 0 Å². The molecule has 1 amide bonds. The third-order valence-corrected chi connectivity index (χ3v) is 4.81. The Kier molecular flexibility index (Phi) is 4.03. The van der Waals surface area contributed by atoms with Crippen LogP contribution in [0.25, 0.3) is 10.6 Å². The summed E-state index contributed by atoms with van der Waals surface area (Å²) < 4.78 is 0. The molecule has 0 unspecified atom stereocenters. The van der Waals surface area contributed by atoms with E-state index < -0.39 is 0 Å². The van der Waals surface area contributed by atoms with Gasteiger partial charge in [0.15, 0.2) is 0 Å². The van der Waals surface area contributed by atoms with Gasteiger partial charge < -0.3 is 10.6 Å². The smallest absolute Gasteiger partial charge is 0.253 e. The second-order valence-corrected chi connectivity index (χ2v) is 6.36. The van der Waals surface area contributed by atoms with Gasteiger partial charge in [0.1, 0.15) is 5.01 Å². The van der Waals surface area contributed by atoms with Crippen LogP contribution in [0.4, 0.5) is 0 Å². The molecule has 0 bridgehead atoms. The molecule has 2 N–H and O–H groups in total. The lowest BCUT2D eigenvalue weighted by Gasteiger charge is -2.30. The van der Waals surface area contributed by atoms with Gasteiger partial charge in [-0.15, -0.1) is 11.3 Å². The summed E-state index contributed by atoms with van der Waals surface area (Å²) in [6, 6.07) is 7.98.